The largest absolute Gasteiger partial charge is 0.379 e. The first kappa shape index (κ1) is 55.2. The molecule has 0 saturated carbocycles. The lowest BCUT2D eigenvalue weighted by Gasteiger charge is -2.40. The number of unbranched alkanes of at least 4 members (excludes halogenated alkanes) is 26. The summed E-state index contributed by atoms with van der Waals surface area (Å²) < 4.78 is 12.0. The summed E-state index contributed by atoms with van der Waals surface area (Å²) in [5.41, 5.74) is -0.755. The number of urea groups is 1. The number of carbonyl (C=O) groups excluding carboxylic acids is 1. The summed E-state index contributed by atoms with van der Waals surface area (Å²) in [6.07, 6.45) is 43.5. The van der Waals surface area contributed by atoms with E-state index >= 15 is 0 Å². The van der Waals surface area contributed by atoms with E-state index in [4.69, 9.17) is 9.47 Å². The lowest BCUT2D eigenvalue weighted by atomic mass is 9.73. The van der Waals surface area contributed by atoms with Crippen LogP contribution in [0, 0.1) is 5.41 Å². The highest BCUT2D eigenvalue weighted by Crippen LogP contribution is 2.37. The first-order valence-corrected chi connectivity index (χ1v) is 24.8. The van der Waals surface area contributed by atoms with Gasteiger partial charge in [0.15, 0.2) is 0 Å². The molecule has 0 heterocycles. The monoisotopic (exact) mass is 793 g/mol. The fourth-order valence-corrected chi connectivity index (χ4v) is 9.17. The van der Waals surface area contributed by atoms with Crippen LogP contribution < -0.4 is 10.6 Å². The first-order chi connectivity index (χ1) is 26.6. The molecule has 2 amide bonds. The Balaban J connectivity index is 4.74. The highest BCUT2D eigenvalue weighted by atomic mass is 16.5. The van der Waals surface area contributed by atoms with Crippen LogP contribution in [0.3, 0.4) is 0 Å². The molecule has 0 radical (unpaired) electrons. The van der Waals surface area contributed by atoms with Gasteiger partial charge < -0.3 is 20.1 Å². The van der Waals surface area contributed by atoms with Gasteiger partial charge >= 0.3 is 6.03 Å². The Bertz CT molecular complexity index is 850. The quantitative estimate of drug-likeness (QED) is 0.0606. The van der Waals surface area contributed by atoms with Gasteiger partial charge in [0.05, 0.1) is 17.8 Å². The van der Waals surface area contributed by atoms with Gasteiger partial charge in [-0.05, 0) is 79.1 Å². The molecule has 2 N–H and O–H groups in total. The van der Waals surface area contributed by atoms with Crippen molar-refractivity contribution in [3.05, 3.63) is 0 Å². The molecule has 0 atom stereocenters. The third-order valence-corrected chi connectivity index (χ3v) is 12.2. The molecule has 0 unspecified atom stereocenters. The fourth-order valence-electron chi connectivity index (χ4n) is 9.17. The normalized spacial score (nSPS) is 12.9. The molecule has 56 heavy (non-hydrogen) atoms. The minimum Gasteiger partial charge on any atom is -0.379 e. The second-order valence-corrected chi connectivity index (χ2v) is 20.8. The number of ether oxygens (including phenoxy) is 2. The smallest absolute Gasteiger partial charge is 0.315 e. The van der Waals surface area contributed by atoms with Crippen molar-refractivity contribution in [2.75, 3.05) is 13.7 Å². The van der Waals surface area contributed by atoms with Crippen LogP contribution in [0.5, 0.6) is 0 Å². The lowest BCUT2D eigenvalue weighted by molar-refractivity contribution is -0.0763. The summed E-state index contributed by atoms with van der Waals surface area (Å²) in [5, 5.41) is 6.86. The van der Waals surface area contributed by atoms with Gasteiger partial charge in [-0.25, -0.2) is 4.79 Å². The average Bonchev–Trinajstić information content (AvgIpc) is 3.10. The van der Waals surface area contributed by atoms with E-state index in [9.17, 15) is 4.79 Å². The molecule has 0 spiro atoms. The van der Waals surface area contributed by atoms with Crippen molar-refractivity contribution in [3.63, 3.8) is 0 Å². The summed E-state index contributed by atoms with van der Waals surface area (Å²) >= 11 is 0. The maximum Gasteiger partial charge on any atom is 0.315 e. The Labute approximate surface area is 352 Å². The molecule has 0 aromatic rings. The van der Waals surface area contributed by atoms with E-state index in [-0.39, 0.29) is 34.2 Å². The maximum absolute atomic E-state index is 13.5. The Morgan fingerprint density at radius 3 is 1.16 bits per heavy atom. The van der Waals surface area contributed by atoms with E-state index in [1.807, 2.05) is 0 Å². The number of carbonyl (C=O) groups is 1. The van der Waals surface area contributed by atoms with Crippen LogP contribution in [0.2, 0.25) is 0 Å². The van der Waals surface area contributed by atoms with Crippen LogP contribution in [-0.4, -0.2) is 42.5 Å². The molecule has 5 heteroatoms. The van der Waals surface area contributed by atoms with Crippen molar-refractivity contribution < 1.29 is 14.3 Å². The van der Waals surface area contributed by atoms with Crippen molar-refractivity contribution in [2.45, 2.75) is 304 Å². The molecule has 0 aliphatic heterocycles. The van der Waals surface area contributed by atoms with E-state index < -0.39 is 0 Å². The maximum atomic E-state index is 13.5. The number of hydrogen-bond donors (Lipinski definition) is 2. The van der Waals surface area contributed by atoms with E-state index in [2.05, 4.69) is 79.9 Å². The van der Waals surface area contributed by atoms with Gasteiger partial charge in [-0.15, -0.1) is 0 Å². The van der Waals surface area contributed by atoms with E-state index in [0.717, 1.165) is 32.1 Å². The van der Waals surface area contributed by atoms with Gasteiger partial charge in [0.1, 0.15) is 0 Å². The highest BCUT2D eigenvalue weighted by Gasteiger charge is 2.35. The summed E-state index contributed by atoms with van der Waals surface area (Å²) in [4.78, 5) is 13.5. The Hall–Kier alpha value is -0.810. The standard InChI is InChI=1S/C51H104N2O3/c1-12-14-16-18-20-22-24-26-28-30-32-34-36-38-40-46(41-39-37-35-33-31-29-27-25-23-21-19-17-15-13-2)52-47(54)53-49(5,6)44-48(3,4)45-51(9,10)56-43-42-50(7,8)55-11/h46H,12-45H2,1-11H3,(H2,52,53,54). The van der Waals surface area contributed by atoms with E-state index in [1.165, 1.54) is 180 Å². The number of amides is 2. The molecule has 0 fully saturated rings. The summed E-state index contributed by atoms with van der Waals surface area (Å²) in [6.45, 7) is 22.9. The summed E-state index contributed by atoms with van der Waals surface area (Å²) in [6, 6.07) is 0.265. The van der Waals surface area contributed by atoms with Crippen LogP contribution in [0.1, 0.15) is 281 Å². The second kappa shape index (κ2) is 34.0. The van der Waals surface area contributed by atoms with E-state index in [0.29, 0.717) is 6.61 Å². The van der Waals surface area contributed by atoms with Crippen molar-refractivity contribution >= 4 is 6.03 Å². The van der Waals surface area contributed by atoms with Gasteiger partial charge in [0.2, 0.25) is 0 Å². The second-order valence-electron chi connectivity index (χ2n) is 20.8. The third-order valence-electron chi connectivity index (χ3n) is 12.2. The van der Waals surface area contributed by atoms with Crippen LogP contribution in [-0.2, 0) is 9.47 Å². The molecular weight excluding hydrogens is 689 g/mol. The minimum atomic E-state index is -0.323. The summed E-state index contributed by atoms with van der Waals surface area (Å²) in [7, 11) is 1.77. The van der Waals surface area contributed by atoms with Gasteiger partial charge in [0.25, 0.3) is 0 Å². The molecule has 0 saturated heterocycles. The predicted molar refractivity (Wildman–Crippen MR) is 248 cm³/mol. The number of methoxy groups -OCH3 is 1. The fraction of sp³-hybridized carbons (Fsp3) is 0.980. The zero-order valence-corrected chi connectivity index (χ0v) is 40.3. The van der Waals surface area contributed by atoms with Crippen molar-refractivity contribution in [1.29, 1.82) is 0 Å². The number of hydrogen-bond acceptors (Lipinski definition) is 3. The zero-order chi connectivity index (χ0) is 42.0. The molecule has 0 bridgehead atoms. The molecular formula is C51H104N2O3. The minimum absolute atomic E-state index is 0.00104. The van der Waals surface area contributed by atoms with Gasteiger partial charge in [-0.1, -0.05) is 207 Å². The van der Waals surface area contributed by atoms with Crippen LogP contribution in [0.4, 0.5) is 4.79 Å². The Kier molecular flexibility index (Phi) is 33.5. The van der Waals surface area contributed by atoms with Crippen LogP contribution >= 0.6 is 0 Å². The van der Waals surface area contributed by atoms with Gasteiger partial charge in [-0.3, -0.25) is 0 Å². The van der Waals surface area contributed by atoms with Crippen molar-refractivity contribution in [3.8, 4) is 0 Å². The SMILES string of the molecule is CCCCCCCCCCCCCCCCC(CCCCCCCCCCCCCCCC)NC(=O)NC(C)(C)CC(C)(C)CC(C)(C)OCCC(C)(C)OC. The molecule has 0 aromatic heterocycles. The van der Waals surface area contributed by atoms with Gasteiger partial charge in [-0.2, -0.15) is 0 Å². The van der Waals surface area contributed by atoms with Crippen LogP contribution in [0.15, 0.2) is 0 Å². The molecule has 0 aliphatic rings. The van der Waals surface area contributed by atoms with Crippen molar-refractivity contribution in [1.82, 2.24) is 10.6 Å². The zero-order valence-electron chi connectivity index (χ0n) is 40.3. The highest BCUT2D eigenvalue weighted by molar-refractivity contribution is 5.75. The van der Waals surface area contributed by atoms with Crippen LogP contribution in [0.25, 0.3) is 0 Å². The molecule has 5 nitrogen and oxygen atoms in total. The molecule has 0 aliphatic carbocycles. The molecule has 0 rings (SSSR count). The van der Waals surface area contributed by atoms with Gasteiger partial charge in [0, 0.05) is 18.7 Å². The summed E-state index contributed by atoms with van der Waals surface area (Å²) in [5.74, 6) is 0. The van der Waals surface area contributed by atoms with E-state index in [1.54, 1.807) is 7.11 Å². The molecule has 336 valence electrons. The third kappa shape index (κ3) is 36.3. The Morgan fingerprint density at radius 2 is 0.821 bits per heavy atom. The Morgan fingerprint density at radius 1 is 0.482 bits per heavy atom. The average molecular weight is 793 g/mol. The van der Waals surface area contributed by atoms with Crippen molar-refractivity contribution in [2.24, 2.45) is 5.41 Å². The lowest BCUT2D eigenvalue weighted by Crippen LogP contribution is -2.53. The topological polar surface area (TPSA) is 59.6 Å². The number of rotatable bonds is 41. The number of nitrogens with one attached hydrogen (secondary N) is 2. The first-order valence-electron chi connectivity index (χ1n) is 24.8. The predicted octanol–water partition coefficient (Wildman–Crippen LogP) is 16.6. The molecule has 0 aromatic carbocycles.